The Labute approximate surface area is 412 Å². The van der Waals surface area contributed by atoms with E-state index in [-0.39, 0.29) is 18.5 Å². The number of amides is 1. The maximum atomic E-state index is 12.5. The highest BCUT2D eigenvalue weighted by atomic mass is 16.5. The van der Waals surface area contributed by atoms with Crippen molar-refractivity contribution in [2.75, 3.05) is 13.2 Å². The van der Waals surface area contributed by atoms with E-state index in [9.17, 15) is 19.8 Å². The summed E-state index contributed by atoms with van der Waals surface area (Å²) in [5, 5.41) is 23.3. The minimum Gasteiger partial charge on any atom is -0.466 e. The van der Waals surface area contributed by atoms with Crippen LogP contribution in [0.15, 0.2) is 12.2 Å². The molecule has 0 fully saturated rings. The molecule has 0 bridgehead atoms. The van der Waals surface area contributed by atoms with Crippen LogP contribution in [-0.2, 0) is 14.3 Å². The fraction of sp³-hybridized carbons (Fsp3) is 0.933. The largest absolute Gasteiger partial charge is 0.466 e. The van der Waals surface area contributed by atoms with Gasteiger partial charge in [-0.3, -0.25) is 9.59 Å². The predicted molar refractivity (Wildman–Crippen MR) is 287 cm³/mol. The van der Waals surface area contributed by atoms with Gasteiger partial charge in [0.05, 0.1) is 25.4 Å². The van der Waals surface area contributed by atoms with Crippen LogP contribution in [0.2, 0.25) is 0 Å². The van der Waals surface area contributed by atoms with E-state index >= 15 is 0 Å². The predicted octanol–water partition coefficient (Wildman–Crippen LogP) is 18.5. The minimum atomic E-state index is -0.670. The van der Waals surface area contributed by atoms with Crippen LogP contribution in [0.25, 0.3) is 0 Å². The van der Waals surface area contributed by atoms with E-state index in [1.54, 1.807) is 0 Å². The second kappa shape index (κ2) is 56.2. The number of aliphatic hydroxyl groups excluding tert-OH is 2. The average Bonchev–Trinajstić information content (AvgIpc) is 3.32. The van der Waals surface area contributed by atoms with E-state index in [4.69, 9.17) is 4.74 Å². The number of hydrogen-bond donors (Lipinski definition) is 3. The fourth-order valence-electron chi connectivity index (χ4n) is 9.46. The third-order valence-corrected chi connectivity index (χ3v) is 14.1. The van der Waals surface area contributed by atoms with Crippen molar-refractivity contribution in [2.45, 2.75) is 347 Å². The average molecular weight is 933 g/mol. The molecule has 0 aliphatic carbocycles. The molecular formula is C60H117NO5. The van der Waals surface area contributed by atoms with Crippen LogP contribution in [0, 0.1) is 0 Å². The second-order valence-electron chi connectivity index (χ2n) is 20.7. The van der Waals surface area contributed by atoms with Crippen molar-refractivity contribution < 1.29 is 24.5 Å². The summed E-state index contributed by atoms with van der Waals surface area (Å²) >= 11 is 0. The Kier molecular flexibility index (Phi) is 55.0. The summed E-state index contributed by atoms with van der Waals surface area (Å²) in [6, 6.07) is -0.548. The molecule has 6 heteroatoms. The Bertz CT molecular complexity index is 986. The van der Waals surface area contributed by atoms with Gasteiger partial charge in [0.25, 0.3) is 0 Å². The second-order valence-corrected chi connectivity index (χ2v) is 20.7. The molecule has 2 unspecified atom stereocenters. The summed E-state index contributed by atoms with van der Waals surface area (Å²) in [5.74, 6) is -0.0471. The van der Waals surface area contributed by atoms with E-state index < -0.39 is 12.1 Å². The molecule has 392 valence electrons. The van der Waals surface area contributed by atoms with Crippen LogP contribution in [-0.4, -0.2) is 47.4 Å². The van der Waals surface area contributed by atoms with Crippen molar-refractivity contribution in [2.24, 2.45) is 0 Å². The van der Waals surface area contributed by atoms with Crippen molar-refractivity contribution in [3.8, 4) is 0 Å². The van der Waals surface area contributed by atoms with Crippen LogP contribution >= 0.6 is 0 Å². The zero-order valence-electron chi connectivity index (χ0n) is 44.7. The lowest BCUT2D eigenvalue weighted by Crippen LogP contribution is -2.45. The van der Waals surface area contributed by atoms with E-state index in [2.05, 4.69) is 31.3 Å². The summed E-state index contributed by atoms with van der Waals surface area (Å²) in [5.41, 5.74) is 0. The first-order chi connectivity index (χ1) is 32.5. The molecule has 0 aromatic rings. The Balaban J connectivity index is 3.43. The number of esters is 1. The van der Waals surface area contributed by atoms with Gasteiger partial charge in [-0.1, -0.05) is 283 Å². The Hall–Kier alpha value is -1.40. The molecule has 0 radical (unpaired) electrons. The first kappa shape index (κ1) is 64.6. The number of unbranched alkanes of at least 4 members (excludes halogenated alkanes) is 43. The number of ether oxygens (including phenoxy) is 1. The Morgan fingerprint density at radius 2 is 0.712 bits per heavy atom. The van der Waals surface area contributed by atoms with Gasteiger partial charge in [-0.05, 0) is 51.4 Å². The molecule has 3 N–H and O–H groups in total. The van der Waals surface area contributed by atoms with Gasteiger partial charge in [0.1, 0.15) is 0 Å². The van der Waals surface area contributed by atoms with Crippen LogP contribution < -0.4 is 5.32 Å². The van der Waals surface area contributed by atoms with Gasteiger partial charge < -0.3 is 20.3 Å². The van der Waals surface area contributed by atoms with Gasteiger partial charge in [0, 0.05) is 12.8 Å². The van der Waals surface area contributed by atoms with Crippen LogP contribution in [0.5, 0.6) is 0 Å². The molecule has 0 saturated carbocycles. The van der Waals surface area contributed by atoms with E-state index in [1.165, 1.54) is 250 Å². The number of allylic oxidation sites excluding steroid dienone is 2. The highest BCUT2D eigenvalue weighted by Crippen LogP contribution is 2.18. The number of aliphatic hydroxyl groups is 2. The van der Waals surface area contributed by atoms with Crippen molar-refractivity contribution in [3.63, 3.8) is 0 Å². The maximum Gasteiger partial charge on any atom is 0.305 e. The van der Waals surface area contributed by atoms with Crippen LogP contribution in [0.4, 0.5) is 0 Å². The Morgan fingerprint density at radius 3 is 1.08 bits per heavy atom. The molecule has 0 rings (SSSR count). The SMILES string of the molecule is CCCCCCC/C=C\CCCCCCCC(=O)OCCCCCCCCCCCCCCCCCC(=O)NC(CO)C(O)CCCCCCCCCCCCCCCCCCCCCC. The van der Waals surface area contributed by atoms with Gasteiger partial charge >= 0.3 is 5.97 Å². The number of carbonyl (C=O) groups is 2. The molecule has 0 aliphatic heterocycles. The standard InChI is InChI=1S/C60H117NO5/c1-3-5-7-9-11-13-15-17-19-20-21-22-23-25-28-32-36-40-44-48-52-58(63)57(56-62)61-59(64)53-49-45-41-37-33-29-26-24-27-31-35-39-43-47-51-55-66-60(65)54-50-46-42-38-34-30-18-16-14-12-10-8-6-4-2/h16,18,57-58,62-63H,3-15,17,19-56H2,1-2H3,(H,61,64)/b18-16-. The van der Waals surface area contributed by atoms with Crippen LogP contribution in [0.3, 0.4) is 0 Å². The molecule has 0 aromatic heterocycles. The van der Waals surface area contributed by atoms with Gasteiger partial charge in [-0.2, -0.15) is 0 Å². The molecule has 2 atom stereocenters. The van der Waals surface area contributed by atoms with Gasteiger partial charge in [0.2, 0.25) is 5.91 Å². The quantitative estimate of drug-likeness (QED) is 0.0321. The number of carbonyl (C=O) groups excluding carboxylic acids is 2. The van der Waals surface area contributed by atoms with Gasteiger partial charge in [0.15, 0.2) is 0 Å². The third-order valence-electron chi connectivity index (χ3n) is 14.1. The first-order valence-electron chi connectivity index (χ1n) is 29.9. The number of nitrogens with one attached hydrogen (secondary N) is 1. The van der Waals surface area contributed by atoms with E-state index in [0.29, 0.717) is 25.9 Å². The normalized spacial score (nSPS) is 12.6. The molecule has 0 spiro atoms. The lowest BCUT2D eigenvalue weighted by molar-refractivity contribution is -0.143. The van der Waals surface area contributed by atoms with Crippen LogP contribution in [0.1, 0.15) is 335 Å². The first-order valence-corrected chi connectivity index (χ1v) is 29.9. The van der Waals surface area contributed by atoms with Crippen molar-refractivity contribution in [1.29, 1.82) is 0 Å². The third kappa shape index (κ3) is 52.0. The molecule has 6 nitrogen and oxygen atoms in total. The highest BCUT2D eigenvalue weighted by molar-refractivity contribution is 5.76. The van der Waals surface area contributed by atoms with E-state index in [0.717, 1.165) is 51.4 Å². The molecule has 0 saturated heterocycles. The highest BCUT2D eigenvalue weighted by Gasteiger charge is 2.20. The monoisotopic (exact) mass is 932 g/mol. The smallest absolute Gasteiger partial charge is 0.305 e. The van der Waals surface area contributed by atoms with Crippen molar-refractivity contribution in [3.05, 3.63) is 12.2 Å². The zero-order valence-corrected chi connectivity index (χ0v) is 44.7. The summed E-state index contributed by atoms with van der Waals surface area (Å²) in [4.78, 5) is 24.5. The molecule has 66 heavy (non-hydrogen) atoms. The summed E-state index contributed by atoms with van der Waals surface area (Å²) in [7, 11) is 0. The molecule has 0 aliphatic rings. The van der Waals surface area contributed by atoms with Crippen molar-refractivity contribution >= 4 is 11.9 Å². The minimum absolute atomic E-state index is 0.00687. The van der Waals surface area contributed by atoms with Gasteiger partial charge in [-0.25, -0.2) is 0 Å². The topological polar surface area (TPSA) is 95.9 Å². The molecular weight excluding hydrogens is 815 g/mol. The Morgan fingerprint density at radius 1 is 0.409 bits per heavy atom. The lowest BCUT2D eigenvalue weighted by atomic mass is 10.0. The molecule has 0 aromatic carbocycles. The lowest BCUT2D eigenvalue weighted by Gasteiger charge is -2.22. The summed E-state index contributed by atoms with van der Waals surface area (Å²) < 4.78 is 5.47. The molecule has 0 heterocycles. The summed E-state index contributed by atoms with van der Waals surface area (Å²) in [6.07, 6.45) is 66.3. The maximum absolute atomic E-state index is 12.5. The molecule has 1 amide bonds. The zero-order chi connectivity index (χ0) is 47.9. The summed E-state index contributed by atoms with van der Waals surface area (Å²) in [6.45, 7) is 4.95. The van der Waals surface area contributed by atoms with Gasteiger partial charge in [-0.15, -0.1) is 0 Å². The van der Waals surface area contributed by atoms with Crippen molar-refractivity contribution in [1.82, 2.24) is 5.32 Å². The fourth-order valence-corrected chi connectivity index (χ4v) is 9.46. The number of rotatable bonds is 56. The van der Waals surface area contributed by atoms with E-state index in [1.807, 2.05) is 0 Å². The number of hydrogen-bond acceptors (Lipinski definition) is 5.